The fourth-order valence-corrected chi connectivity index (χ4v) is 3.71. The lowest BCUT2D eigenvalue weighted by atomic mass is 9.99. The minimum absolute atomic E-state index is 0.0601. The lowest BCUT2D eigenvalue weighted by Crippen LogP contribution is -2.45. The Bertz CT molecular complexity index is 1020. The zero-order chi connectivity index (χ0) is 20.0. The number of nitrogens with zero attached hydrogens (tertiary/aromatic N) is 1. The standard InChI is InChI=1S/C21H20FN3O3/c1-11-3-5-15-16(9-11)21(28)25(20(15)27)12(2)19(26)24-17-6-4-13-10-23-8-7-14(13)18(17)22/h3-6,9,12,23H,7-8,10H2,1-2H3,(H,24,26). The average Bonchev–Trinajstić information content (AvgIpc) is 2.93. The molecule has 144 valence electrons. The number of carbonyl (C=O) groups is 3. The highest BCUT2D eigenvalue weighted by molar-refractivity contribution is 6.23. The Balaban J connectivity index is 1.56. The van der Waals surface area contributed by atoms with E-state index in [0.717, 1.165) is 16.0 Å². The third-order valence-corrected chi connectivity index (χ3v) is 5.31. The number of aryl methyl sites for hydroxylation is 1. The van der Waals surface area contributed by atoms with Crippen molar-refractivity contribution in [2.75, 3.05) is 11.9 Å². The Morgan fingerprint density at radius 2 is 1.93 bits per heavy atom. The quantitative estimate of drug-likeness (QED) is 0.801. The van der Waals surface area contributed by atoms with Gasteiger partial charge in [-0.1, -0.05) is 17.7 Å². The largest absolute Gasteiger partial charge is 0.322 e. The number of hydrogen-bond acceptors (Lipinski definition) is 4. The molecule has 0 radical (unpaired) electrons. The maximum absolute atomic E-state index is 14.8. The molecule has 28 heavy (non-hydrogen) atoms. The van der Waals surface area contributed by atoms with Gasteiger partial charge in [0.2, 0.25) is 5.91 Å². The fourth-order valence-electron chi connectivity index (χ4n) is 3.71. The van der Waals surface area contributed by atoms with Crippen molar-refractivity contribution in [2.45, 2.75) is 32.9 Å². The first-order valence-electron chi connectivity index (χ1n) is 9.19. The first-order chi connectivity index (χ1) is 13.4. The minimum Gasteiger partial charge on any atom is -0.322 e. The molecule has 1 atom stereocenters. The van der Waals surface area contributed by atoms with Crippen LogP contribution in [0.1, 0.15) is 44.3 Å². The van der Waals surface area contributed by atoms with Crippen molar-refractivity contribution in [2.24, 2.45) is 0 Å². The van der Waals surface area contributed by atoms with E-state index in [9.17, 15) is 18.8 Å². The van der Waals surface area contributed by atoms with Gasteiger partial charge in [0, 0.05) is 6.54 Å². The van der Waals surface area contributed by atoms with E-state index in [1.54, 1.807) is 24.3 Å². The number of benzene rings is 2. The van der Waals surface area contributed by atoms with Crippen LogP contribution in [0.2, 0.25) is 0 Å². The first kappa shape index (κ1) is 18.3. The Labute approximate surface area is 161 Å². The van der Waals surface area contributed by atoms with Gasteiger partial charge in [0.25, 0.3) is 11.8 Å². The second-order valence-electron chi connectivity index (χ2n) is 7.19. The number of hydrogen-bond donors (Lipinski definition) is 2. The zero-order valence-electron chi connectivity index (χ0n) is 15.6. The van der Waals surface area contributed by atoms with E-state index in [4.69, 9.17) is 0 Å². The van der Waals surface area contributed by atoms with E-state index < -0.39 is 29.6 Å². The summed E-state index contributed by atoms with van der Waals surface area (Å²) >= 11 is 0. The SMILES string of the molecule is Cc1ccc2c(c1)C(=O)N(C(C)C(=O)Nc1ccc3c(c1F)CCNC3)C2=O. The summed E-state index contributed by atoms with van der Waals surface area (Å²) in [7, 11) is 0. The van der Waals surface area contributed by atoms with E-state index in [-0.39, 0.29) is 16.8 Å². The molecule has 2 N–H and O–H groups in total. The third-order valence-electron chi connectivity index (χ3n) is 5.31. The first-order valence-corrected chi connectivity index (χ1v) is 9.19. The molecule has 2 heterocycles. The van der Waals surface area contributed by atoms with Gasteiger partial charge < -0.3 is 10.6 Å². The number of halogens is 1. The molecule has 0 aromatic heterocycles. The molecule has 0 bridgehead atoms. The fraction of sp³-hybridized carbons (Fsp3) is 0.286. The summed E-state index contributed by atoms with van der Waals surface area (Å²) < 4.78 is 14.8. The summed E-state index contributed by atoms with van der Waals surface area (Å²) in [6.07, 6.45) is 0.540. The van der Waals surface area contributed by atoms with Crippen molar-refractivity contribution < 1.29 is 18.8 Å². The monoisotopic (exact) mass is 381 g/mol. The van der Waals surface area contributed by atoms with Crippen LogP contribution in [0.15, 0.2) is 30.3 Å². The van der Waals surface area contributed by atoms with Gasteiger partial charge in [0.15, 0.2) is 0 Å². The maximum atomic E-state index is 14.8. The lowest BCUT2D eigenvalue weighted by Gasteiger charge is -2.23. The van der Waals surface area contributed by atoms with Crippen LogP contribution < -0.4 is 10.6 Å². The minimum atomic E-state index is -1.06. The van der Waals surface area contributed by atoms with Crippen LogP contribution in [0, 0.1) is 12.7 Å². The van der Waals surface area contributed by atoms with E-state index in [1.807, 2.05) is 6.92 Å². The van der Waals surface area contributed by atoms with Crippen molar-refractivity contribution >= 4 is 23.4 Å². The molecule has 2 aromatic carbocycles. The molecule has 3 amide bonds. The van der Waals surface area contributed by atoms with E-state index >= 15 is 0 Å². The van der Waals surface area contributed by atoms with Crippen LogP contribution in [0.3, 0.4) is 0 Å². The van der Waals surface area contributed by atoms with Gasteiger partial charge in [-0.3, -0.25) is 19.3 Å². The summed E-state index contributed by atoms with van der Waals surface area (Å²) in [4.78, 5) is 38.9. The number of imide groups is 1. The molecule has 2 aliphatic heterocycles. The number of fused-ring (bicyclic) bond motifs is 2. The number of amides is 3. The molecule has 7 heteroatoms. The summed E-state index contributed by atoms with van der Waals surface area (Å²) in [6, 6.07) is 7.19. The van der Waals surface area contributed by atoms with Crippen molar-refractivity contribution in [3.05, 3.63) is 64.0 Å². The van der Waals surface area contributed by atoms with E-state index in [0.29, 0.717) is 25.1 Å². The lowest BCUT2D eigenvalue weighted by molar-refractivity contribution is -0.119. The Hall–Kier alpha value is -3.06. The summed E-state index contributed by atoms with van der Waals surface area (Å²) in [5, 5.41) is 5.71. The smallest absolute Gasteiger partial charge is 0.262 e. The highest BCUT2D eigenvalue weighted by atomic mass is 19.1. The number of nitrogens with one attached hydrogen (secondary N) is 2. The van der Waals surface area contributed by atoms with Gasteiger partial charge in [0.05, 0.1) is 16.8 Å². The highest BCUT2D eigenvalue weighted by Crippen LogP contribution is 2.28. The number of carbonyl (C=O) groups excluding carboxylic acids is 3. The molecule has 0 fully saturated rings. The number of anilines is 1. The van der Waals surface area contributed by atoms with Gasteiger partial charge in [-0.15, -0.1) is 0 Å². The van der Waals surface area contributed by atoms with Crippen LogP contribution in [-0.4, -0.2) is 35.2 Å². The molecule has 2 aromatic rings. The maximum Gasteiger partial charge on any atom is 0.262 e. The summed E-state index contributed by atoms with van der Waals surface area (Å²) in [5.41, 5.74) is 2.93. The summed E-state index contributed by atoms with van der Waals surface area (Å²) in [6.45, 7) is 4.55. The van der Waals surface area contributed by atoms with Crippen LogP contribution in [-0.2, 0) is 17.8 Å². The normalized spacial score (nSPS) is 16.6. The number of rotatable bonds is 3. The van der Waals surface area contributed by atoms with E-state index in [2.05, 4.69) is 10.6 Å². The van der Waals surface area contributed by atoms with Crippen molar-refractivity contribution in [3.63, 3.8) is 0 Å². The van der Waals surface area contributed by atoms with Gasteiger partial charge in [-0.2, -0.15) is 0 Å². The van der Waals surface area contributed by atoms with Crippen LogP contribution >= 0.6 is 0 Å². The summed E-state index contributed by atoms with van der Waals surface area (Å²) in [5.74, 6) is -2.10. The van der Waals surface area contributed by atoms with Crippen molar-refractivity contribution in [3.8, 4) is 0 Å². The highest BCUT2D eigenvalue weighted by Gasteiger charge is 2.41. The zero-order valence-corrected chi connectivity index (χ0v) is 15.6. The van der Waals surface area contributed by atoms with Crippen molar-refractivity contribution in [1.29, 1.82) is 0 Å². The van der Waals surface area contributed by atoms with Gasteiger partial charge in [-0.05, 0) is 56.1 Å². The predicted octanol–water partition coefficient (Wildman–Crippen LogP) is 2.40. The van der Waals surface area contributed by atoms with Crippen LogP contribution in [0.5, 0.6) is 0 Å². The molecular formula is C21H20FN3O3. The van der Waals surface area contributed by atoms with Gasteiger partial charge in [-0.25, -0.2) is 4.39 Å². The molecular weight excluding hydrogens is 361 g/mol. The second-order valence-corrected chi connectivity index (χ2v) is 7.19. The molecule has 4 rings (SSSR count). The molecule has 0 saturated heterocycles. The Morgan fingerprint density at radius 3 is 2.71 bits per heavy atom. The molecule has 0 aliphatic carbocycles. The predicted molar refractivity (Wildman–Crippen MR) is 102 cm³/mol. The van der Waals surface area contributed by atoms with Crippen LogP contribution in [0.4, 0.5) is 10.1 Å². The topological polar surface area (TPSA) is 78.5 Å². The molecule has 1 unspecified atom stereocenters. The molecule has 0 saturated carbocycles. The molecule has 0 spiro atoms. The van der Waals surface area contributed by atoms with Gasteiger partial charge in [0.1, 0.15) is 11.9 Å². The van der Waals surface area contributed by atoms with Crippen LogP contribution in [0.25, 0.3) is 0 Å². The van der Waals surface area contributed by atoms with Gasteiger partial charge >= 0.3 is 0 Å². The van der Waals surface area contributed by atoms with Crippen molar-refractivity contribution in [1.82, 2.24) is 10.2 Å². The Morgan fingerprint density at radius 1 is 1.18 bits per heavy atom. The average molecular weight is 381 g/mol. The third kappa shape index (κ3) is 2.88. The van der Waals surface area contributed by atoms with E-state index in [1.165, 1.54) is 13.0 Å². The molecule has 6 nitrogen and oxygen atoms in total. The Kier molecular flexibility index (Phi) is 4.47. The molecule has 2 aliphatic rings. The second kappa shape index (κ2) is 6.83.